The van der Waals surface area contributed by atoms with Crippen LogP contribution in [0.2, 0.25) is 0 Å². The number of para-hydroxylation sites is 1. The van der Waals surface area contributed by atoms with E-state index in [0.717, 1.165) is 31.0 Å². The van der Waals surface area contributed by atoms with Crippen molar-refractivity contribution in [3.63, 3.8) is 0 Å². The van der Waals surface area contributed by atoms with E-state index in [1.165, 1.54) is 17.8 Å². The molecule has 0 aliphatic carbocycles. The number of nitrogens with two attached hydrogens (primary N) is 1. The summed E-state index contributed by atoms with van der Waals surface area (Å²) in [6, 6.07) is 17.2. The molecule has 0 aromatic heterocycles. The third-order valence-electron chi connectivity index (χ3n) is 4.59. The van der Waals surface area contributed by atoms with Gasteiger partial charge in [-0.3, -0.25) is 4.99 Å². The summed E-state index contributed by atoms with van der Waals surface area (Å²) in [5.74, 6) is 0.727. The summed E-state index contributed by atoms with van der Waals surface area (Å²) in [6.07, 6.45) is 1.04. The van der Waals surface area contributed by atoms with Crippen LogP contribution in [0.25, 0.3) is 0 Å². The molecule has 0 bridgehead atoms. The second kappa shape index (κ2) is 8.41. The van der Waals surface area contributed by atoms with Gasteiger partial charge in [-0.2, -0.15) is 0 Å². The molecule has 1 fully saturated rings. The minimum atomic E-state index is -3.66. The Balaban J connectivity index is 1.51. The van der Waals surface area contributed by atoms with Gasteiger partial charge in [0.1, 0.15) is 0 Å². The van der Waals surface area contributed by atoms with Crippen LogP contribution in [0.1, 0.15) is 12.0 Å². The lowest BCUT2D eigenvalue weighted by Gasteiger charge is -2.20. The Kier molecular flexibility index (Phi) is 5.98. The van der Waals surface area contributed by atoms with Crippen molar-refractivity contribution in [2.24, 2.45) is 10.1 Å². The molecule has 7 nitrogen and oxygen atoms in total. The number of hydrogen-bond donors (Lipinski definition) is 3. The van der Waals surface area contributed by atoms with Crippen molar-refractivity contribution in [1.82, 2.24) is 10.6 Å². The molecular formula is C19H25N5O2S. The van der Waals surface area contributed by atoms with Gasteiger partial charge in [-0.1, -0.05) is 30.3 Å². The lowest BCUT2D eigenvalue weighted by atomic mass is 10.2. The first-order valence-corrected chi connectivity index (χ1v) is 10.4. The summed E-state index contributed by atoms with van der Waals surface area (Å²) in [5, 5.41) is 11.8. The second-order valence-electron chi connectivity index (χ2n) is 6.53. The van der Waals surface area contributed by atoms with Crippen LogP contribution in [0, 0.1) is 0 Å². The third-order valence-corrected chi connectivity index (χ3v) is 5.52. The van der Waals surface area contributed by atoms with Crippen LogP contribution in [0.15, 0.2) is 64.5 Å². The summed E-state index contributed by atoms with van der Waals surface area (Å²) >= 11 is 0. The van der Waals surface area contributed by atoms with Gasteiger partial charge in [-0.05, 0) is 36.2 Å². The number of guanidine groups is 1. The number of aliphatic imine (C=N–C) groups is 1. The Morgan fingerprint density at radius 1 is 1.19 bits per heavy atom. The van der Waals surface area contributed by atoms with Crippen LogP contribution < -0.4 is 20.7 Å². The van der Waals surface area contributed by atoms with Gasteiger partial charge < -0.3 is 15.5 Å². The van der Waals surface area contributed by atoms with E-state index in [-0.39, 0.29) is 4.90 Å². The van der Waals surface area contributed by atoms with E-state index >= 15 is 0 Å². The maximum absolute atomic E-state index is 11.3. The molecule has 0 amide bonds. The molecule has 2 aromatic carbocycles. The van der Waals surface area contributed by atoms with Gasteiger partial charge in [0.15, 0.2) is 5.96 Å². The highest BCUT2D eigenvalue weighted by molar-refractivity contribution is 7.89. The SMILES string of the molecule is CN=C(NCc1ccc(S(N)(=O)=O)cc1)NC1CCN(c2ccccc2)C1. The molecule has 27 heavy (non-hydrogen) atoms. The summed E-state index contributed by atoms with van der Waals surface area (Å²) in [7, 11) is -1.92. The molecule has 1 aliphatic heterocycles. The summed E-state index contributed by atoms with van der Waals surface area (Å²) in [4.78, 5) is 6.75. The maximum Gasteiger partial charge on any atom is 0.238 e. The molecule has 4 N–H and O–H groups in total. The van der Waals surface area contributed by atoms with Gasteiger partial charge in [0.05, 0.1) is 4.90 Å². The molecular weight excluding hydrogens is 362 g/mol. The van der Waals surface area contributed by atoms with Gasteiger partial charge in [0, 0.05) is 38.4 Å². The standard InChI is InChI=1S/C19H25N5O2S/c1-21-19(22-13-15-7-9-18(10-8-15)27(20,25)26)23-16-11-12-24(14-16)17-5-3-2-4-6-17/h2-10,16H,11-14H2,1H3,(H2,20,25,26)(H2,21,22,23). The zero-order chi connectivity index (χ0) is 19.3. The maximum atomic E-state index is 11.3. The molecule has 2 aromatic rings. The fourth-order valence-electron chi connectivity index (χ4n) is 3.12. The largest absolute Gasteiger partial charge is 0.369 e. The van der Waals surface area contributed by atoms with Crippen LogP contribution in [-0.4, -0.2) is 40.6 Å². The topological polar surface area (TPSA) is 99.8 Å². The first-order valence-electron chi connectivity index (χ1n) is 8.84. The van der Waals surface area contributed by atoms with E-state index in [4.69, 9.17) is 5.14 Å². The molecule has 1 unspecified atom stereocenters. The fourth-order valence-corrected chi connectivity index (χ4v) is 3.64. The van der Waals surface area contributed by atoms with E-state index in [2.05, 4.69) is 44.8 Å². The van der Waals surface area contributed by atoms with E-state index < -0.39 is 10.0 Å². The highest BCUT2D eigenvalue weighted by atomic mass is 32.2. The fraction of sp³-hybridized carbons (Fsp3) is 0.316. The molecule has 144 valence electrons. The minimum absolute atomic E-state index is 0.112. The van der Waals surface area contributed by atoms with Crippen molar-refractivity contribution < 1.29 is 8.42 Å². The van der Waals surface area contributed by atoms with Crippen molar-refractivity contribution in [3.8, 4) is 0 Å². The van der Waals surface area contributed by atoms with Gasteiger partial charge in [0.2, 0.25) is 10.0 Å². The summed E-state index contributed by atoms with van der Waals surface area (Å²) in [5.41, 5.74) is 2.18. The van der Waals surface area contributed by atoms with E-state index in [9.17, 15) is 8.42 Å². The average molecular weight is 388 g/mol. The Hall–Kier alpha value is -2.58. The predicted octanol–water partition coefficient (Wildman–Crippen LogP) is 1.28. The third kappa shape index (κ3) is 5.21. The zero-order valence-corrected chi connectivity index (χ0v) is 16.1. The number of primary sulfonamides is 1. The molecule has 1 saturated heterocycles. The molecule has 1 heterocycles. The molecule has 8 heteroatoms. The minimum Gasteiger partial charge on any atom is -0.369 e. The van der Waals surface area contributed by atoms with Crippen molar-refractivity contribution in [2.75, 3.05) is 25.0 Å². The highest BCUT2D eigenvalue weighted by Crippen LogP contribution is 2.19. The van der Waals surface area contributed by atoms with E-state index in [0.29, 0.717) is 12.6 Å². The number of sulfonamides is 1. The number of rotatable bonds is 5. The van der Waals surface area contributed by atoms with Crippen LogP contribution >= 0.6 is 0 Å². The summed E-state index contributed by atoms with van der Waals surface area (Å²) < 4.78 is 22.6. The van der Waals surface area contributed by atoms with Crippen LogP contribution in [0.3, 0.4) is 0 Å². The second-order valence-corrected chi connectivity index (χ2v) is 8.09. The zero-order valence-electron chi connectivity index (χ0n) is 15.3. The van der Waals surface area contributed by atoms with Gasteiger partial charge in [-0.25, -0.2) is 13.6 Å². The number of hydrogen-bond acceptors (Lipinski definition) is 4. The van der Waals surface area contributed by atoms with Gasteiger partial charge in [-0.15, -0.1) is 0 Å². The molecule has 0 radical (unpaired) electrons. The average Bonchev–Trinajstić information content (AvgIpc) is 3.14. The Bertz CT molecular complexity index is 882. The van der Waals surface area contributed by atoms with Gasteiger partial charge >= 0.3 is 0 Å². The number of nitrogens with one attached hydrogen (secondary N) is 2. The van der Waals surface area contributed by atoms with Crippen molar-refractivity contribution >= 4 is 21.7 Å². The number of anilines is 1. The van der Waals surface area contributed by atoms with E-state index in [1.807, 2.05) is 6.07 Å². The molecule has 1 aliphatic rings. The Morgan fingerprint density at radius 3 is 2.52 bits per heavy atom. The smallest absolute Gasteiger partial charge is 0.238 e. The quantitative estimate of drug-likeness (QED) is 0.530. The Labute approximate surface area is 160 Å². The highest BCUT2D eigenvalue weighted by Gasteiger charge is 2.23. The van der Waals surface area contributed by atoms with Crippen LogP contribution in [0.5, 0.6) is 0 Å². The number of benzene rings is 2. The molecule has 3 rings (SSSR count). The lowest BCUT2D eigenvalue weighted by molar-refractivity contribution is 0.597. The normalized spacial score (nSPS) is 17.8. The van der Waals surface area contributed by atoms with Crippen LogP contribution in [0.4, 0.5) is 5.69 Å². The molecule has 1 atom stereocenters. The van der Waals surface area contributed by atoms with Crippen molar-refractivity contribution in [3.05, 3.63) is 60.2 Å². The van der Waals surface area contributed by atoms with Crippen molar-refractivity contribution in [2.45, 2.75) is 23.9 Å². The first kappa shape index (κ1) is 19.2. The van der Waals surface area contributed by atoms with Crippen molar-refractivity contribution in [1.29, 1.82) is 0 Å². The van der Waals surface area contributed by atoms with Crippen LogP contribution in [-0.2, 0) is 16.6 Å². The number of nitrogens with zero attached hydrogens (tertiary/aromatic N) is 2. The summed E-state index contributed by atoms with van der Waals surface area (Å²) in [6.45, 7) is 2.47. The molecule has 0 saturated carbocycles. The first-order chi connectivity index (χ1) is 13.0. The van der Waals surface area contributed by atoms with E-state index in [1.54, 1.807) is 19.2 Å². The molecule has 0 spiro atoms. The lowest BCUT2D eigenvalue weighted by Crippen LogP contribution is -2.44. The Morgan fingerprint density at radius 2 is 1.89 bits per heavy atom. The van der Waals surface area contributed by atoms with Gasteiger partial charge in [0.25, 0.3) is 0 Å². The monoisotopic (exact) mass is 387 g/mol. The predicted molar refractivity (Wildman–Crippen MR) is 108 cm³/mol.